The molecular weight excluding hydrogens is 264 g/mol. The Kier molecular flexibility index (Phi) is 4.78. The zero-order valence-electron chi connectivity index (χ0n) is 10.3. The van der Waals surface area contributed by atoms with Crippen LogP contribution in [-0.4, -0.2) is 18.0 Å². The molecule has 20 heavy (non-hydrogen) atoms. The van der Waals surface area contributed by atoms with Gasteiger partial charge in [0.1, 0.15) is 23.4 Å². The highest BCUT2D eigenvalue weighted by Crippen LogP contribution is 2.29. The fourth-order valence-electron chi connectivity index (χ4n) is 1.36. The Morgan fingerprint density at radius 3 is 2.60 bits per heavy atom. The normalized spacial score (nSPS) is 8.75. The lowest BCUT2D eigenvalue weighted by Crippen LogP contribution is -2.07. The molecule has 0 spiro atoms. The molecule has 0 fully saturated rings. The number of esters is 1. The second kappa shape index (κ2) is 6.52. The second-order valence-corrected chi connectivity index (χ2v) is 3.37. The van der Waals surface area contributed by atoms with Crippen LogP contribution in [0.5, 0.6) is 0 Å². The van der Waals surface area contributed by atoms with Gasteiger partial charge in [-0.2, -0.15) is 10.5 Å². The molecule has 0 heterocycles. The SMILES string of the molecule is COC(=O)c1cccc([N+](=O)[O-])c1NC=C(C#N)C#N. The molecule has 0 aliphatic carbocycles. The largest absolute Gasteiger partial charge is 0.465 e. The number of rotatable bonds is 4. The van der Waals surface area contributed by atoms with Crippen molar-refractivity contribution in [2.24, 2.45) is 0 Å². The van der Waals surface area contributed by atoms with Gasteiger partial charge in [0.15, 0.2) is 0 Å². The van der Waals surface area contributed by atoms with E-state index in [4.69, 9.17) is 10.5 Å². The van der Waals surface area contributed by atoms with Crippen molar-refractivity contribution >= 4 is 17.3 Å². The number of nitrogens with one attached hydrogen (secondary N) is 1. The Balaban J connectivity index is 3.37. The molecule has 0 aliphatic heterocycles. The first-order valence-corrected chi connectivity index (χ1v) is 5.17. The van der Waals surface area contributed by atoms with Gasteiger partial charge in [-0.15, -0.1) is 0 Å². The van der Waals surface area contributed by atoms with E-state index in [0.29, 0.717) is 0 Å². The summed E-state index contributed by atoms with van der Waals surface area (Å²) in [5, 5.41) is 30.6. The summed E-state index contributed by atoms with van der Waals surface area (Å²) in [4.78, 5) is 21.8. The van der Waals surface area contributed by atoms with Crippen molar-refractivity contribution in [2.45, 2.75) is 0 Å². The summed E-state index contributed by atoms with van der Waals surface area (Å²) < 4.78 is 4.52. The molecule has 8 heteroatoms. The van der Waals surface area contributed by atoms with Gasteiger partial charge in [-0.1, -0.05) is 6.07 Å². The standard InChI is InChI=1S/C12H8N4O4/c1-20-12(17)9-3-2-4-10(16(18)19)11(9)15-7-8(5-13)6-14/h2-4,7,15H,1H3. The van der Waals surface area contributed by atoms with Gasteiger partial charge in [-0.25, -0.2) is 4.79 Å². The number of carbonyl (C=O) groups excluding carboxylic acids is 1. The van der Waals surface area contributed by atoms with E-state index in [2.05, 4.69) is 10.1 Å². The van der Waals surface area contributed by atoms with Crippen molar-refractivity contribution in [3.05, 3.63) is 45.6 Å². The molecular formula is C12H8N4O4. The zero-order chi connectivity index (χ0) is 15.1. The van der Waals surface area contributed by atoms with E-state index >= 15 is 0 Å². The third-order valence-corrected chi connectivity index (χ3v) is 2.25. The van der Waals surface area contributed by atoms with E-state index in [0.717, 1.165) is 13.3 Å². The predicted molar refractivity (Wildman–Crippen MR) is 67.4 cm³/mol. The second-order valence-electron chi connectivity index (χ2n) is 3.37. The Labute approximate surface area is 113 Å². The molecule has 0 atom stereocenters. The highest BCUT2D eigenvalue weighted by molar-refractivity contribution is 5.98. The quantitative estimate of drug-likeness (QED) is 0.382. The summed E-state index contributed by atoms with van der Waals surface area (Å²) in [6, 6.07) is 7.01. The number of methoxy groups -OCH3 is 1. The number of ether oxygens (including phenoxy) is 1. The van der Waals surface area contributed by atoms with E-state index in [1.54, 1.807) is 12.1 Å². The Bertz CT molecular complexity index is 651. The maximum absolute atomic E-state index is 11.6. The number of carbonyl (C=O) groups is 1. The Morgan fingerprint density at radius 2 is 2.10 bits per heavy atom. The van der Waals surface area contributed by atoms with Crippen LogP contribution in [0.1, 0.15) is 10.4 Å². The molecule has 0 aliphatic rings. The molecule has 0 radical (unpaired) electrons. The predicted octanol–water partition coefficient (Wildman–Crippen LogP) is 1.72. The van der Waals surface area contributed by atoms with Crippen LogP contribution < -0.4 is 5.32 Å². The average molecular weight is 272 g/mol. The molecule has 0 amide bonds. The average Bonchev–Trinajstić information content (AvgIpc) is 2.47. The van der Waals surface area contributed by atoms with Crippen LogP contribution in [0.3, 0.4) is 0 Å². The lowest BCUT2D eigenvalue weighted by molar-refractivity contribution is -0.383. The number of nitro groups is 1. The van der Waals surface area contributed by atoms with Gasteiger partial charge < -0.3 is 10.1 Å². The van der Waals surface area contributed by atoms with Crippen LogP contribution in [0.2, 0.25) is 0 Å². The van der Waals surface area contributed by atoms with Crippen molar-refractivity contribution in [3.8, 4) is 12.1 Å². The molecule has 8 nitrogen and oxygen atoms in total. The number of hydrogen-bond acceptors (Lipinski definition) is 7. The third kappa shape index (κ3) is 3.09. The third-order valence-electron chi connectivity index (χ3n) is 2.25. The van der Waals surface area contributed by atoms with Crippen LogP contribution >= 0.6 is 0 Å². The molecule has 1 rings (SSSR count). The minimum absolute atomic E-state index is 0.0758. The molecule has 0 bridgehead atoms. The molecule has 0 aromatic heterocycles. The minimum atomic E-state index is -0.778. The fraction of sp³-hybridized carbons (Fsp3) is 0.0833. The number of nitrogens with zero attached hydrogens (tertiary/aromatic N) is 3. The maximum Gasteiger partial charge on any atom is 0.340 e. The van der Waals surface area contributed by atoms with Gasteiger partial charge >= 0.3 is 5.97 Å². The van der Waals surface area contributed by atoms with Crippen molar-refractivity contribution < 1.29 is 14.5 Å². The van der Waals surface area contributed by atoms with Crippen molar-refractivity contribution in [1.82, 2.24) is 0 Å². The van der Waals surface area contributed by atoms with Gasteiger partial charge in [-0.3, -0.25) is 10.1 Å². The van der Waals surface area contributed by atoms with Gasteiger partial charge in [0.05, 0.1) is 17.6 Å². The van der Waals surface area contributed by atoms with Crippen molar-refractivity contribution in [2.75, 3.05) is 12.4 Å². The summed E-state index contributed by atoms with van der Waals surface area (Å²) in [5.41, 5.74) is -0.890. The van der Waals surface area contributed by atoms with Gasteiger partial charge in [-0.05, 0) is 6.07 Å². The monoisotopic (exact) mass is 272 g/mol. The molecule has 1 aromatic carbocycles. The number of nitro benzene ring substituents is 1. The van der Waals surface area contributed by atoms with E-state index < -0.39 is 10.9 Å². The first-order chi connectivity index (χ1) is 9.54. The number of anilines is 1. The highest BCUT2D eigenvalue weighted by atomic mass is 16.6. The molecule has 0 saturated carbocycles. The number of allylic oxidation sites excluding steroid dienone is 1. The van der Waals surface area contributed by atoms with E-state index in [-0.39, 0.29) is 22.5 Å². The molecule has 1 aromatic rings. The summed E-state index contributed by atoms with van der Waals surface area (Å²) in [6.07, 6.45) is 0.981. The summed E-state index contributed by atoms with van der Waals surface area (Å²) in [5.74, 6) is -0.778. The van der Waals surface area contributed by atoms with E-state index in [1.165, 1.54) is 18.2 Å². The van der Waals surface area contributed by atoms with Crippen LogP contribution in [0.15, 0.2) is 30.0 Å². The molecule has 0 saturated heterocycles. The molecule has 0 unspecified atom stereocenters. The minimum Gasteiger partial charge on any atom is -0.465 e. The lowest BCUT2D eigenvalue weighted by atomic mass is 10.1. The number of benzene rings is 1. The lowest BCUT2D eigenvalue weighted by Gasteiger charge is -2.07. The topological polar surface area (TPSA) is 129 Å². The summed E-state index contributed by atoms with van der Waals surface area (Å²) in [7, 11) is 1.14. The van der Waals surface area contributed by atoms with Gasteiger partial charge in [0, 0.05) is 12.3 Å². The maximum atomic E-state index is 11.6. The smallest absolute Gasteiger partial charge is 0.340 e. The Morgan fingerprint density at radius 1 is 1.45 bits per heavy atom. The first kappa shape index (κ1) is 14.7. The number of hydrogen-bond donors (Lipinski definition) is 1. The first-order valence-electron chi connectivity index (χ1n) is 5.17. The van der Waals surface area contributed by atoms with Crippen LogP contribution in [0.4, 0.5) is 11.4 Å². The number of nitriles is 2. The molecule has 1 N–H and O–H groups in total. The fourth-order valence-corrected chi connectivity index (χ4v) is 1.36. The summed E-state index contributed by atoms with van der Waals surface area (Å²) >= 11 is 0. The van der Waals surface area contributed by atoms with E-state index in [1.807, 2.05) is 0 Å². The Hall–Kier alpha value is -3.39. The van der Waals surface area contributed by atoms with Crippen LogP contribution in [0.25, 0.3) is 0 Å². The van der Waals surface area contributed by atoms with Gasteiger partial charge in [0.25, 0.3) is 5.69 Å². The van der Waals surface area contributed by atoms with E-state index in [9.17, 15) is 14.9 Å². The number of para-hydroxylation sites is 1. The highest BCUT2D eigenvalue weighted by Gasteiger charge is 2.21. The van der Waals surface area contributed by atoms with Gasteiger partial charge in [0.2, 0.25) is 0 Å². The van der Waals surface area contributed by atoms with Crippen molar-refractivity contribution in [3.63, 3.8) is 0 Å². The van der Waals surface area contributed by atoms with Crippen LogP contribution in [0, 0.1) is 32.8 Å². The van der Waals surface area contributed by atoms with Crippen molar-refractivity contribution in [1.29, 1.82) is 10.5 Å². The van der Waals surface area contributed by atoms with Crippen LogP contribution in [-0.2, 0) is 4.74 Å². The zero-order valence-corrected chi connectivity index (χ0v) is 10.3. The summed E-state index contributed by atoms with van der Waals surface area (Å²) in [6.45, 7) is 0. The molecule has 100 valence electrons.